The summed E-state index contributed by atoms with van der Waals surface area (Å²) < 4.78 is 10.5. The fraction of sp³-hybridized carbons (Fsp3) is 0.364. The summed E-state index contributed by atoms with van der Waals surface area (Å²) in [6.07, 6.45) is 2.45. The van der Waals surface area contributed by atoms with Crippen molar-refractivity contribution in [1.29, 1.82) is 0 Å². The van der Waals surface area contributed by atoms with Gasteiger partial charge in [-0.3, -0.25) is 0 Å². The van der Waals surface area contributed by atoms with Crippen molar-refractivity contribution in [3.8, 4) is 11.5 Å². The second-order valence-corrected chi connectivity index (χ2v) is 3.53. The zero-order valence-corrected chi connectivity index (χ0v) is 8.91. The SMILES string of the molecule is Cc1onc(-c2occc2CCN)c1C. The Kier molecular flexibility index (Phi) is 2.60. The van der Waals surface area contributed by atoms with Crippen LogP contribution in [0.15, 0.2) is 21.3 Å². The van der Waals surface area contributed by atoms with Gasteiger partial charge in [0.1, 0.15) is 5.76 Å². The molecule has 0 aliphatic heterocycles. The number of nitrogens with two attached hydrogens (primary N) is 1. The van der Waals surface area contributed by atoms with E-state index in [2.05, 4.69) is 5.16 Å². The Bertz CT molecular complexity index is 457. The summed E-state index contributed by atoms with van der Waals surface area (Å²) in [6, 6.07) is 1.92. The summed E-state index contributed by atoms with van der Waals surface area (Å²) in [6.45, 7) is 4.45. The molecule has 0 saturated heterocycles. The van der Waals surface area contributed by atoms with Gasteiger partial charge in [-0.05, 0) is 32.9 Å². The lowest BCUT2D eigenvalue weighted by molar-refractivity contribution is 0.396. The van der Waals surface area contributed by atoms with Gasteiger partial charge in [-0.1, -0.05) is 5.16 Å². The van der Waals surface area contributed by atoms with Crippen molar-refractivity contribution in [1.82, 2.24) is 5.16 Å². The van der Waals surface area contributed by atoms with Gasteiger partial charge in [-0.2, -0.15) is 0 Å². The number of furan rings is 1. The molecule has 0 spiro atoms. The first kappa shape index (κ1) is 9.98. The molecule has 0 aliphatic carbocycles. The predicted octanol–water partition coefficient (Wildman–Crippen LogP) is 2.05. The lowest BCUT2D eigenvalue weighted by atomic mass is 10.1. The van der Waals surface area contributed by atoms with E-state index in [1.807, 2.05) is 19.9 Å². The Morgan fingerprint density at radius 1 is 1.40 bits per heavy atom. The van der Waals surface area contributed by atoms with Crippen molar-refractivity contribution in [2.75, 3.05) is 6.54 Å². The number of nitrogens with zero attached hydrogens (tertiary/aromatic N) is 1. The van der Waals surface area contributed by atoms with Gasteiger partial charge in [0.2, 0.25) is 0 Å². The van der Waals surface area contributed by atoms with Crippen LogP contribution in [0.5, 0.6) is 0 Å². The largest absolute Gasteiger partial charge is 0.462 e. The molecule has 4 nitrogen and oxygen atoms in total. The first-order chi connectivity index (χ1) is 7.24. The topological polar surface area (TPSA) is 65.2 Å². The molecule has 4 heteroatoms. The molecule has 0 radical (unpaired) electrons. The maximum Gasteiger partial charge on any atom is 0.159 e. The third-order valence-electron chi connectivity index (χ3n) is 2.53. The van der Waals surface area contributed by atoms with Gasteiger partial charge >= 0.3 is 0 Å². The highest BCUT2D eigenvalue weighted by molar-refractivity contribution is 5.61. The highest BCUT2D eigenvalue weighted by Gasteiger charge is 2.16. The average molecular weight is 206 g/mol. The van der Waals surface area contributed by atoms with Gasteiger partial charge in [0.05, 0.1) is 6.26 Å². The van der Waals surface area contributed by atoms with Gasteiger partial charge in [0, 0.05) is 11.1 Å². The van der Waals surface area contributed by atoms with Crippen LogP contribution in [-0.2, 0) is 6.42 Å². The second kappa shape index (κ2) is 3.90. The molecule has 2 heterocycles. The zero-order chi connectivity index (χ0) is 10.8. The average Bonchev–Trinajstić information content (AvgIpc) is 2.77. The van der Waals surface area contributed by atoms with Crippen molar-refractivity contribution in [3.05, 3.63) is 29.2 Å². The van der Waals surface area contributed by atoms with E-state index in [9.17, 15) is 0 Å². The van der Waals surface area contributed by atoms with Crippen molar-refractivity contribution in [2.24, 2.45) is 5.73 Å². The van der Waals surface area contributed by atoms with Crippen molar-refractivity contribution < 1.29 is 8.94 Å². The van der Waals surface area contributed by atoms with Crippen molar-refractivity contribution in [3.63, 3.8) is 0 Å². The Morgan fingerprint density at radius 2 is 2.20 bits per heavy atom. The third kappa shape index (κ3) is 1.68. The van der Waals surface area contributed by atoms with Crippen LogP contribution in [0.2, 0.25) is 0 Å². The lowest BCUT2D eigenvalue weighted by Crippen LogP contribution is -2.02. The normalized spacial score (nSPS) is 10.9. The van der Waals surface area contributed by atoms with Crippen LogP contribution >= 0.6 is 0 Å². The second-order valence-electron chi connectivity index (χ2n) is 3.53. The van der Waals surface area contributed by atoms with Crippen LogP contribution in [0.4, 0.5) is 0 Å². The standard InChI is InChI=1S/C11H14N2O2/c1-7-8(2)15-13-10(7)11-9(3-5-12)4-6-14-11/h4,6H,3,5,12H2,1-2H3. The molecule has 0 aromatic carbocycles. The first-order valence-corrected chi connectivity index (χ1v) is 4.93. The molecule has 2 N–H and O–H groups in total. The summed E-state index contributed by atoms with van der Waals surface area (Å²) in [5, 5.41) is 3.99. The van der Waals surface area contributed by atoms with Gasteiger partial charge in [-0.15, -0.1) is 0 Å². The molecule has 0 unspecified atom stereocenters. The van der Waals surface area contributed by atoms with E-state index in [0.717, 1.165) is 34.8 Å². The summed E-state index contributed by atoms with van der Waals surface area (Å²) in [4.78, 5) is 0. The number of aryl methyl sites for hydroxylation is 1. The smallest absolute Gasteiger partial charge is 0.159 e. The van der Waals surface area contributed by atoms with E-state index in [1.54, 1.807) is 6.26 Å². The molecule has 0 atom stereocenters. The summed E-state index contributed by atoms with van der Waals surface area (Å²) in [5.41, 5.74) is 8.40. The minimum Gasteiger partial charge on any atom is -0.462 e. The zero-order valence-electron chi connectivity index (χ0n) is 8.91. The number of rotatable bonds is 3. The maximum absolute atomic E-state index is 5.52. The van der Waals surface area contributed by atoms with Crippen LogP contribution in [0.3, 0.4) is 0 Å². The van der Waals surface area contributed by atoms with E-state index in [4.69, 9.17) is 14.7 Å². The van der Waals surface area contributed by atoms with Crippen molar-refractivity contribution >= 4 is 0 Å². The highest BCUT2D eigenvalue weighted by Crippen LogP contribution is 2.28. The molecular formula is C11H14N2O2. The highest BCUT2D eigenvalue weighted by atomic mass is 16.5. The maximum atomic E-state index is 5.52. The predicted molar refractivity (Wildman–Crippen MR) is 56.4 cm³/mol. The molecule has 0 fully saturated rings. The third-order valence-corrected chi connectivity index (χ3v) is 2.53. The van der Waals surface area contributed by atoms with Gasteiger partial charge in [0.25, 0.3) is 0 Å². The fourth-order valence-electron chi connectivity index (χ4n) is 1.53. The monoisotopic (exact) mass is 206 g/mol. The van der Waals surface area contributed by atoms with E-state index in [-0.39, 0.29) is 0 Å². The molecular weight excluding hydrogens is 192 g/mol. The van der Waals surface area contributed by atoms with Crippen molar-refractivity contribution in [2.45, 2.75) is 20.3 Å². The molecule has 0 aliphatic rings. The van der Waals surface area contributed by atoms with Gasteiger partial charge < -0.3 is 14.7 Å². The fourth-order valence-corrected chi connectivity index (χ4v) is 1.53. The van der Waals surface area contributed by atoms with E-state index < -0.39 is 0 Å². The minimum absolute atomic E-state index is 0.600. The molecule has 2 aromatic heterocycles. The quantitative estimate of drug-likeness (QED) is 0.834. The lowest BCUT2D eigenvalue weighted by Gasteiger charge is -1.97. The summed E-state index contributed by atoms with van der Waals surface area (Å²) >= 11 is 0. The molecule has 80 valence electrons. The Balaban J connectivity index is 2.44. The van der Waals surface area contributed by atoms with E-state index in [0.29, 0.717) is 6.54 Å². The Labute approximate surface area is 88.0 Å². The molecule has 2 rings (SSSR count). The number of hydrogen-bond donors (Lipinski definition) is 1. The van der Waals surface area contributed by atoms with Crippen LogP contribution in [0.25, 0.3) is 11.5 Å². The van der Waals surface area contributed by atoms with Crippen LogP contribution in [-0.4, -0.2) is 11.7 Å². The summed E-state index contributed by atoms with van der Waals surface area (Å²) in [5.74, 6) is 1.59. The molecule has 0 saturated carbocycles. The van der Waals surface area contributed by atoms with Gasteiger partial charge in [-0.25, -0.2) is 0 Å². The van der Waals surface area contributed by atoms with Crippen LogP contribution in [0.1, 0.15) is 16.9 Å². The first-order valence-electron chi connectivity index (χ1n) is 4.93. The van der Waals surface area contributed by atoms with Crippen LogP contribution < -0.4 is 5.73 Å². The minimum atomic E-state index is 0.600. The van der Waals surface area contributed by atoms with E-state index in [1.165, 1.54) is 0 Å². The molecule has 0 amide bonds. The number of hydrogen-bond acceptors (Lipinski definition) is 4. The van der Waals surface area contributed by atoms with E-state index >= 15 is 0 Å². The molecule has 2 aromatic rings. The van der Waals surface area contributed by atoms with Gasteiger partial charge in [0.15, 0.2) is 11.5 Å². The Hall–Kier alpha value is -1.55. The summed E-state index contributed by atoms with van der Waals surface area (Å²) in [7, 11) is 0. The van der Waals surface area contributed by atoms with Crippen LogP contribution in [0, 0.1) is 13.8 Å². The molecule has 15 heavy (non-hydrogen) atoms. The number of aromatic nitrogens is 1. The molecule has 0 bridgehead atoms. The Morgan fingerprint density at radius 3 is 2.80 bits per heavy atom.